The summed E-state index contributed by atoms with van der Waals surface area (Å²) in [5, 5.41) is 11.3. The van der Waals surface area contributed by atoms with Crippen molar-refractivity contribution in [1.29, 1.82) is 0 Å². The number of hydrogen-bond donors (Lipinski definition) is 1. The first-order valence-electron chi connectivity index (χ1n) is 7.94. The van der Waals surface area contributed by atoms with Gasteiger partial charge in [-0.15, -0.1) is 0 Å². The van der Waals surface area contributed by atoms with E-state index in [1.165, 1.54) is 13.3 Å². The second-order valence-corrected chi connectivity index (χ2v) is 6.08. The second kappa shape index (κ2) is 6.94. The van der Waals surface area contributed by atoms with Gasteiger partial charge in [-0.1, -0.05) is 24.3 Å². The monoisotopic (exact) mass is 385 g/mol. The average molecular weight is 386 g/mol. The minimum Gasteiger partial charge on any atom is -0.493 e. The second-order valence-electron chi connectivity index (χ2n) is 5.74. The van der Waals surface area contributed by atoms with Crippen LogP contribution in [-0.4, -0.2) is 34.0 Å². The molecule has 2 heterocycles. The van der Waals surface area contributed by atoms with Crippen LogP contribution in [0.2, 0.25) is 5.28 Å². The Bertz CT molecular complexity index is 1170. The maximum atomic E-state index is 15.2. The van der Waals surface area contributed by atoms with E-state index in [9.17, 15) is 5.11 Å². The lowest BCUT2D eigenvalue weighted by atomic mass is 10.0. The summed E-state index contributed by atoms with van der Waals surface area (Å²) >= 11 is 5.77. The largest absolute Gasteiger partial charge is 0.493 e. The van der Waals surface area contributed by atoms with Gasteiger partial charge in [0.15, 0.2) is 12.6 Å². The van der Waals surface area contributed by atoms with Gasteiger partial charge in [-0.2, -0.15) is 4.98 Å². The number of halogens is 2. The Morgan fingerprint density at radius 2 is 1.96 bits per heavy atom. The first-order chi connectivity index (χ1) is 13.1. The first-order valence-corrected chi connectivity index (χ1v) is 8.32. The fourth-order valence-corrected chi connectivity index (χ4v) is 3.06. The molecule has 4 rings (SSSR count). The van der Waals surface area contributed by atoms with Gasteiger partial charge in [-0.3, -0.25) is 4.98 Å². The van der Waals surface area contributed by atoms with Crippen molar-refractivity contribution in [1.82, 2.24) is 15.0 Å². The summed E-state index contributed by atoms with van der Waals surface area (Å²) in [6, 6.07) is 11.0. The van der Waals surface area contributed by atoms with Gasteiger partial charge in [0.1, 0.15) is 17.0 Å². The zero-order valence-corrected chi connectivity index (χ0v) is 14.9. The van der Waals surface area contributed by atoms with E-state index >= 15 is 4.39 Å². The third kappa shape index (κ3) is 3.11. The van der Waals surface area contributed by atoms with Gasteiger partial charge in [-0.25, -0.2) is 9.37 Å². The SMILES string of the molecule is COCOc1cc(-c2ncc3c(O)nc(Cl)nc3c2F)c2ccccc2c1. The molecule has 0 aliphatic carbocycles. The predicted octanol–water partition coefficient (Wildman–Crippen LogP) is 4.33. The minimum atomic E-state index is -0.707. The van der Waals surface area contributed by atoms with Crippen LogP contribution in [0.4, 0.5) is 4.39 Å². The zero-order valence-electron chi connectivity index (χ0n) is 14.1. The quantitative estimate of drug-likeness (QED) is 0.416. The molecule has 0 bridgehead atoms. The highest BCUT2D eigenvalue weighted by Crippen LogP contribution is 2.36. The first kappa shape index (κ1) is 17.4. The standard InChI is InChI=1S/C19H13ClFN3O3/c1-26-9-27-11-6-10-4-2-3-5-12(10)13(7-11)16-15(21)17-14(8-22-16)18(25)24-19(20)23-17/h2-8H,9H2,1H3,(H,23,24,25). The lowest BCUT2D eigenvalue weighted by Crippen LogP contribution is -2.00. The van der Waals surface area contributed by atoms with Gasteiger partial charge >= 0.3 is 0 Å². The van der Waals surface area contributed by atoms with Crippen LogP contribution in [-0.2, 0) is 4.74 Å². The molecule has 1 N–H and O–H groups in total. The Hall–Kier alpha value is -3.03. The van der Waals surface area contributed by atoms with Crippen molar-refractivity contribution >= 4 is 33.3 Å². The molecule has 2 aromatic heterocycles. The van der Waals surface area contributed by atoms with E-state index in [4.69, 9.17) is 21.1 Å². The summed E-state index contributed by atoms with van der Waals surface area (Å²) in [5.74, 6) is -0.624. The van der Waals surface area contributed by atoms with Crippen LogP contribution in [0.25, 0.3) is 32.9 Å². The summed E-state index contributed by atoms with van der Waals surface area (Å²) in [5.41, 5.74) is 0.480. The highest BCUT2D eigenvalue weighted by molar-refractivity contribution is 6.28. The van der Waals surface area contributed by atoms with Gasteiger partial charge in [0.05, 0.1) is 5.39 Å². The normalized spacial score (nSPS) is 11.2. The lowest BCUT2D eigenvalue weighted by Gasteiger charge is -2.12. The molecule has 27 heavy (non-hydrogen) atoms. The number of fused-ring (bicyclic) bond motifs is 2. The maximum Gasteiger partial charge on any atom is 0.226 e. The number of aromatic nitrogens is 3. The third-order valence-electron chi connectivity index (χ3n) is 4.07. The molecule has 8 heteroatoms. The van der Waals surface area contributed by atoms with Gasteiger partial charge in [0, 0.05) is 18.9 Å². The molecule has 0 radical (unpaired) electrons. The van der Waals surface area contributed by atoms with E-state index in [-0.39, 0.29) is 28.7 Å². The highest BCUT2D eigenvalue weighted by atomic mass is 35.5. The molecule has 0 amide bonds. The fraction of sp³-hybridized carbons (Fsp3) is 0.105. The van der Waals surface area contributed by atoms with Crippen molar-refractivity contribution in [2.75, 3.05) is 13.9 Å². The Balaban J connectivity index is 2.00. The molecule has 2 aromatic carbocycles. The molecule has 0 aliphatic heterocycles. The van der Waals surface area contributed by atoms with Crippen molar-refractivity contribution < 1.29 is 19.0 Å². The summed E-state index contributed by atoms with van der Waals surface area (Å²) in [6.45, 7) is 0.0577. The van der Waals surface area contributed by atoms with Crippen molar-refractivity contribution in [3.05, 3.63) is 53.7 Å². The Kier molecular flexibility index (Phi) is 4.47. The number of pyridine rings is 1. The molecule has 0 spiro atoms. The van der Waals surface area contributed by atoms with Crippen LogP contribution in [0.1, 0.15) is 0 Å². The van der Waals surface area contributed by atoms with Crippen LogP contribution in [0.15, 0.2) is 42.6 Å². The highest BCUT2D eigenvalue weighted by Gasteiger charge is 2.18. The summed E-state index contributed by atoms with van der Waals surface area (Å²) in [6.07, 6.45) is 1.32. The molecule has 136 valence electrons. The molecule has 0 saturated heterocycles. The average Bonchev–Trinajstić information content (AvgIpc) is 2.66. The molecule has 0 aliphatic rings. The van der Waals surface area contributed by atoms with Crippen LogP contribution in [0.3, 0.4) is 0 Å². The van der Waals surface area contributed by atoms with Gasteiger partial charge in [-0.05, 0) is 34.5 Å². The van der Waals surface area contributed by atoms with Crippen molar-refractivity contribution in [3.63, 3.8) is 0 Å². The number of aromatic hydroxyl groups is 1. The van der Waals surface area contributed by atoms with Crippen LogP contribution in [0.5, 0.6) is 11.6 Å². The molecular formula is C19H13ClFN3O3. The summed E-state index contributed by atoms with van der Waals surface area (Å²) in [7, 11) is 1.52. The Labute approximate surface area is 158 Å². The van der Waals surface area contributed by atoms with E-state index < -0.39 is 11.7 Å². The smallest absolute Gasteiger partial charge is 0.226 e. The number of ether oxygens (including phenoxy) is 2. The molecule has 0 fully saturated rings. The molecule has 0 saturated carbocycles. The van der Waals surface area contributed by atoms with Crippen molar-refractivity contribution in [2.45, 2.75) is 0 Å². The maximum absolute atomic E-state index is 15.2. The molecule has 0 unspecified atom stereocenters. The molecular weight excluding hydrogens is 373 g/mol. The van der Waals surface area contributed by atoms with Crippen molar-refractivity contribution in [3.8, 4) is 22.9 Å². The van der Waals surface area contributed by atoms with Gasteiger partial charge in [0.2, 0.25) is 11.2 Å². The Morgan fingerprint density at radius 3 is 2.78 bits per heavy atom. The van der Waals surface area contributed by atoms with Crippen molar-refractivity contribution in [2.24, 2.45) is 0 Å². The van der Waals surface area contributed by atoms with Gasteiger partial charge in [0.25, 0.3) is 0 Å². The Morgan fingerprint density at radius 1 is 1.15 bits per heavy atom. The lowest BCUT2D eigenvalue weighted by molar-refractivity contribution is 0.0512. The number of benzene rings is 2. The summed E-state index contributed by atoms with van der Waals surface area (Å²) in [4.78, 5) is 11.7. The number of nitrogens with zero attached hydrogens (tertiary/aromatic N) is 3. The van der Waals surface area contributed by atoms with E-state index in [2.05, 4.69) is 15.0 Å². The van der Waals surface area contributed by atoms with E-state index in [0.717, 1.165) is 10.8 Å². The van der Waals surface area contributed by atoms with Crippen LogP contribution in [0, 0.1) is 5.82 Å². The molecule has 6 nitrogen and oxygen atoms in total. The predicted molar refractivity (Wildman–Crippen MR) is 99.4 cm³/mol. The summed E-state index contributed by atoms with van der Waals surface area (Å²) < 4.78 is 25.7. The van der Waals surface area contributed by atoms with Crippen LogP contribution >= 0.6 is 11.6 Å². The van der Waals surface area contributed by atoms with E-state index in [1.54, 1.807) is 6.07 Å². The minimum absolute atomic E-state index is 0.0577. The fourth-order valence-electron chi connectivity index (χ4n) is 2.89. The van der Waals surface area contributed by atoms with Crippen LogP contribution < -0.4 is 4.74 Å². The number of methoxy groups -OCH3 is 1. The molecule has 0 atom stereocenters. The van der Waals surface area contributed by atoms with E-state index in [1.807, 2.05) is 30.3 Å². The molecule has 4 aromatic rings. The topological polar surface area (TPSA) is 77.4 Å². The number of hydrogen-bond acceptors (Lipinski definition) is 6. The third-order valence-corrected chi connectivity index (χ3v) is 4.24. The number of rotatable bonds is 4. The zero-order chi connectivity index (χ0) is 19.0. The van der Waals surface area contributed by atoms with Gasteiger partial charge < -0.3 is 14.6 Å². The van der Waals surface area contributed by atoms with E-state index in [0.29, 0.717) is 11.3 Å².